The minimum absolute atomic E-state index is 0.0976. The van der Waals surface area contributed by atoms with Crippen molar-refractivity contribution >= 4 is 49.1 Å². The average molecular weight is 423 g/mol. The van der Waals surface area contributed by atoms with E-state index in [-0.39, 0.29) is 12.5 Å². The van der Waals surface area contributed by atoms with Crippen LogP contribution in [0.2, 0.25) is 0 Å². The molecule has 0 aliphatic rings. The highest BCUT2D eigenvalue weighted by Gasteiger charge is 2.18. The Morgan fingerprint density at radius 2 is 2.08 bits per heavy atom. The summed E-state index contributed by atoms with van der Waals surface area (Å²) < 4.78 is 12.0. The molecule has 6 nitrogen and oxygen atoms in total. The monoisotopic (exact) mass is 422 g/mol. The molecule has 2 N–H and O–H groups in total. The maximum absolute atomic E-state index is 12.6. The van der Waals surface area contributed by atoms with Gasteiger partial charge in [0.1, 0.15) is 5.01 Å². The summed E-state index contributed by atoms with van der Waals surface area (Å²) in [5.74, 6) is 0.703. The number of halogens is 1. The topological polar surface area (TPSA) is 80.7 Å². The molecule has 130 valence electrons. The molecule has 0 bridgehead atoms. The summed E-state index contributed by atoms with van der Waals surface area (Å²) in [7, 11) is 3.05. The lowest BCUT2D eigenvalue weighted by Gasteiger charge is -2.13. The minimum atomic E-state index is -0.287. The number of aromatic nitrogens is 1. The van der Waals surface area contributed by atoms with E-state index in [0.717, 1.165) is 10.2 Å². The fourth-order valence-corrected chi connectivity index (χ4v) is 3.86. The van der Waals surface area contributed by atoms with Crippen molar-refractivity contribution in [3.05, 3.63) is 45.4 Å². The van der Waals surface area contributed by atoms with Gasteiger partial charge in [0.15, 0.2) is 11.5 Å². The molecule has 3 aromatic rings. The van der Waals surface area contributed by atoms with Gasteiger partial charge in [-0.25, -0.2) is 4.98 Å². The largest absolute Gasteiger partial charge is 0.493 e. The highest BCUT2D eigenvalue weighted by molar-refractivity contribution is 9.10. The van der Waals surface area contributed by atoms with Gasteiger partial charge in [-0.1, -0.05) is 0 Å². The lowest BCUT2D eigenvalue weighted by molar-refractivity contribution is 0.102. The summed E-state index contributed by atoms with van der Waals surface area (Å²) in [5, 5.41) is 12.7. The molecule has 0 aliphatic carbocycles. The van der Waals surface area contributed by atoms with Crippen molar-refractivity contribution in [2.75, 3.05) is 19.5 Å². The second-order valence-corrected chi connectivity index (χ2v) is 6.97. The number of aliphatic hydroxyl groups excluding tert-OH is 1. The van der Waals surface area contributed by atoms with E-state index in [1.807, 2.05) is 6.07 Å². The van der Waals surface area contributed by atoms with Crippen LogP contribution in [-0.4, -0.2) is 30.2 Å². The number of carbonyl (C=O) groups is 1. The smallest absolute Gasteiger partial charge is 0.256 e. The Labute approximate surface area is 156 Å². The van der Waals surface area contributed by atoms with Crippen molar-refractivity contribution in [2.45, 2.75) is 6.61 Å². The Bertz CT molecular complexity index is 942. The van der Waals surface area contributed by atoms with Crippen molar-refractivity contribution in [3.8, 4) is 11.5 Å². The van der Waals surface area contributed by atoms with Crippen LogP contribution in [0.4, 0.5) is 5.69 Å². The van der Waals surface area contributed by atoms with Crippen LogP contribution in [0.3, 0.4) is 0 Å². The molecule has 0 spiro atoms. The summed E-state index contributed by atoms with van der Waals surface area (Å²) >= 11 is 4.82. The Balaban J connectivity index is 1.89. The number of carbonyl (C=O) groups excluding carboxylic acids is 1. The summed E-state index contributed by atoms with van der Waals surface area (Å²) in [6, 6.07) is 8.78. The van der Waals surface area contributed by atoms with Crippen LogP contribution in [-0.2, 0) is 6.61 Å². The molecule has 0 aliphatic heterocycles. The predicted octanol–water partition coefficient (Wildman–Crippen LogP) is 3.82. The summed E-state index contributed by atoms with van der Waals surface area (Å²) in [5.41, 5.74) is 1.78. The highest BCUT2D eigenvalue weighted by atomic mass is 79.9. The van der Waals surface area contributed by atoms with Gasteiger partial charge in [0.25, 0.3) is 5.91 Å². The van der Waals surface area contributed by atoms with Crippen molar-refractivity contribution in [2.24, 2.45) is 0 Å². The lowest BCUT2D eigenvalue weighted by Crippen LogP contribution is -2.13. The summed E-state index contributed by atoms with van der Waals surface area (Å²) in [4.78, 5) is 16.9. The molecule has 3 rings (SSSR count). The zero-order chi connectivity index (χ0) is 18.0. The number of nitrogens with zero attached hydrogens (tertiary/aromatic N) is 1. The Kier molecular flexibility index (Phi) is 5.22. The average Bonchev–Trinajstić information content (AvgIpc) is 3.03. The van der Waals surface area contributed by atoms with E-state index in [1.165, 1.54) is 25.6 Å². The number of hydrogen-bond donors (Lipinski definition) is 2. The van der Waals surface area contributed by atoms with Crippen molar-refractivity contribution in [1.29, 1.82) is 0 Å². The van der Waals surface area contributed by atoms with Crippen molar-refractivity contribution in [1.82, 2.24) is 4.98 Å². The standard InChI is InChI=1S/C17H15BrN2O4S/c1-23-12-5-4-10(15(18)16(12)24-2)17(22)19-9-3-6-13-11(7-9)20-14(8-21)25-13/h3-7,21H,8H2,1-2H3,(H,19,22). The van der Waals surface area contributed by atoms with Crippen LogP contribution < -0.4 is 14.8 Å². The molecule has 1 amide bonds. The van der Waals surface area contributed by atoms with Gasteiger partial charge in [-0.05, 0) is 46.3 Å². The first-order valence-electron chi connectivity index (χ1n) is 7.29. The van der Waals surface area contributed by atoms with Gasteiger partial charge < -0.3 is 19.9 Å². The van der Waals surface area contributed by atoms with Crippen LogP contribution in [0, 0.1) is 0 Å². The third-order valence-electron chi connectivity index (χ3n) is 3.55. The first-order valence-corrected chi connectivity index (χ1v) is 8.90. The maximum atomic E-state index is 12.6. The molecule has 1 heterocycles. The van der Waals surface area contributed by atoms with Gasteiger partial charge in [0, 0.05) is 5.69 Å². The molecule has 8 heteroatoms. The van der Waals surface area contributed by atoms with Gasteiger partial charge in [-0.15, -0.1) is 11.3 Å². The third-order valence-corrected chi connectivity index (χ3v) is 5.36. The molecule has 0 saturated heterocycles. The Morgan fingerprint density at radius 3 is 2.76 bits per heavy atom. The maximum Gasteiger partial charge on any atom is 0.256 e. The predicted molar refractivity (Wildman–Crippen MR) is 101 cm³/mol. The SMILES string of the molecule is COc1ccc(C(=O)Nc2ccc3sc(CO)nc3c2)c(Br)c1OC. The van der Waals surface area contributed by atoms with E-state index in [2.05, 4.69) is 26.2 Å². The van der Waals surface area contributed by atoms with Gasteiger partial charge in [0.2, 0.25) is 0 Å². The number of aliphatic hydroxyl groups is 1. The van der Waals surface area contributed by atoms with Crippen LogP contribution in [0.15, 0.2) is 34.8 Å². The fourth-order valence-electron chi connectivity index (χ4n) is 2.38. The number of benzene rings is 2. The van der Waals surface area contributed by atoms with E-state index in [4.69, 9.17) is 9.47 Å². The number of nitrogens with one attached hydrogen (secondary N) is 1. The first-order chi connectivity index (χ1) is 12.1. The summed E-state index contributed by atoms with van der Waals surface area (Å²) in [6.07, 6.45) is 0. The lowest BCUT2D eigenvalue weighted by atomic mass is 10.1. The molecule has 0 radical (unpaired) electrons. The number of hydrogen-bond acceptors (Lipinski definition) is 6. The zero-order valence-electron chi connectivity index (χ0n) is 13.5. The van der Waals surface area contributed by atoms with Gasteiger partial charge in [-0.3, -0.25) is 4.79 Å². The van der Waals surface area contributed by atoms with Crippen LogP contribution >= 0.6 is 27.3 Å². The van der Waals surface area contributed by atoms with E-state index in [9.17, 15) is 9.90 Å². The molecule has 2 aromatic carbocycles. The fraction of sp³-hybridized carbons (Fsp3) is 0.176. The van der Waals surface area contributed by atoms with Crippen LogP contribution in [0.1, 0.15) is 15.4 Å². The molecular formula is C17H15BrN2O4S. The second-order valence-electron chi connectivity index (χ2n) is 5.06. The molecular weight excluding hydrogens is 408 g/mol. The molecule has 0 unspecified atom stereocenters. The van der Waals surface area contributed by atoms with Crippen molar-refractivity contribution < 1.29 is 19.4 Å². The second kappa shape index (κ2) is 7.38. The minimum Gasteiger partial charge on any atom is -0.493 e. The Morgan fingerprint density at radius 1 is 1.28 bits per heavy atom. The van der Waals surface area contributed by atoms with E-state index in [1.54, 1.807) is 24.3 Å². The van der Waals surface area contributed by atoms with Gasteiger partial charge >= 0.3 is 0 Å². The summed E-state index contributed by atoms with van der Waals surface area (Å²) in [6.45, 7) is -0.0976. The number of amides is 1. The van der Waals surface area contributed by atoms with E-state index >= 15 is 0 Å². The molecule has 25 heavy (non-hydrogen) atoms. The number of ether oxygens (including phenoxy) is 2. The van der Waals surface area contributed by atoms with Crippen LogP contribution in [0.5, 0.6) is 11.5 Å². The quantitative estimate of drug-likeness (QED) is 0.652. The van der Waals surface area contributed by atoms with E-state index in [0.29, 0.717) is 32.2 Å². The number of thiazole rings is 1. The third kappa shape index (κ3) is 3.46. The van der Waals surface area contributed by atoms with Crippen LogP contribution in [0.25, 0.3) is 10.2 Å². The highest BCUT2D eigenvalue weighted by Crippen LogP contribution is 2.37. The van der Waals surface area contributed by atoms with Gasteiger partial charge in [-0.2, -0.15) is 0 Å². The molecule has 1 aromatic heterocycles. The normalized spacial score (nSPS) is 10.7. The molecule has 0 saturated carbocycles. The van der Waals surface area contributed by atoms with Crippen molar-refractivity contribution in [3.63, 3.8) is 0 Å². The number of fused-ring (bicyclic) bond motifs is 1. The zero-order valence-corrected chi connectivity index (χ0v) is 15.9. The Hall–Kier alpha value is -2.16. The number of anilines is 1. The number of rotatable bonds is 5. The molecule has 0 fully saturated rings. The number of methoxy groups -OCH3 is 2. The molecule has 0 atom stereocenters. The van der Waals surface area contributed by atoms with E-state index < -0.39 is 0 Å². The first kappa shape index (κ1) is 17.7. The van der Waals surface area contributed by atoms with Gasteiger partial charge in [0.05, 0.1) is 41.1 Å².